The summed E-state index contributed by atoms with van der Waals surface area (Å²) in [5.74, 6) is -0.00580. The first-order valence-corrected chi connectivity index (χ1v) is 4.40. The molecule has 2 aromatic rings. The molecule has 0 aliphatic rings. The van der Waals surface area contributed by atoms with Crippen molar-refractivity contribution in [1.29, 1.82) is 0 Å². The predicted molar refractivity (Wildman–Crippen MR) is 53.0 cm³/mol. The van der Waals surface area contributed by atoms with E-state index in [1.54, 1.807) is 0 Å². The Bertz CT molecular complexity index is 572. The fourth-order valence-corrected chi connectivity index (χ4v) is 1.21. The van der Waals surface area contributed by atoms with Gasteiger partial charge in [-0.1, -0.05) is 0 Å². The molecule has 0 aromatic carbocycles. The highest BCUT2D eigenvalue weighted by atomic mass is 16.6. The van der Waals surface area contributed by atoms with Crippen molar-refractivity contribution in [2.45, 2.75) is 6.54 Å². The van der Waals surface area contributed by atoms with Crippen molar-refractivity contribution in [3.05, 3.63) is 57.0 Å². The number of aromatic nitrogens is 2. The van der Waals surface area contributed by atoms with Gasteiger partial charge in [0.15, 0.2) is 0 Å². The van der Waals surface area contributed by atoms with Crippen LogP contribution in [-0.2, 0) is 6.54 Å². The van der Waals surface area contributed by atoms with Gasteiger partial charge in [0.2, 0.25) is 0 Å². The van der Waals surface area contributed by atoms with Crippen molar-refractivity contribution in [2.24, 2.45) is 0 Å². The molecule has 0 aliphatic heterocycles. The Morgan fingerprint density at radius 1 is 1.44 bits per heavy atom. The molecule has 0 saturated carbocycles. The van der Waals surface area contributed by atoms with Gasteiger partial charge in [0.25, 0.3) is 5.56 Å². The van der Waals surface area contributed by atoms with Crippen molar-refractivity contribution in [3.8, 4) is 0 Å². The molecular formula is C9H7N3O4. The van der Waals surface area contributed by atoms with Crippen LogP contribution in [0.5, 0.6) is 0 Å². The van der Waals surface area contributed by atoms with Gasteiger partial charge in [-0.15, -0.1) is 0 Å². The third kappa shape index (κ3) is 1.97. The summed E-state index contributed by atoms with van der Waals surface area (Å²) >= 11 is 0. The van der Waals surface area contributed by atoms with Gasteiger partial charge < -0.3 is 4.42 Å². The highest BCUT2D eigenvalue weighted by Gasteiger charge is 2.12. The molecule has 16 heavy (non-hydrogen) atoms. The summed E-state index contributed by atoms with van der Waals surface area (Å²) in [7, 11) is 0. The summed E-state index contributed by atoms with van der Waals surface area (Å²) in [6.07, 6.45) is 2.72. The molecule has 2 aromatic heterocycles. The van der Waals surface area contributed by atoms with Crippen LogP contribution < -0.4 is 5.56 Å². The molecule has 0 bridgehead atoms. The Kier molecular flexibility index (Phi) is 2.50. The Morgan fingerprint density at radius 3 is 2.88 bits per heavy atom. The maximum atomic E-state index is 11.3. The van der Waals surface area contributed by atoms with Crippen molar-refractivity contribution in [3.63, 3.8) is 0 Å². The van der Waals surface area contributed by atoms with Gasteiger partial charge in [-0.05, 0) is 6.07 Å². The highest BCUT2D eigenvalue weighted by molar-refractivity contribution is 5.17. The number of hydrogen-bond donors (Lipinski definition) is 0. The fraction of sp³-hybridized carbons (Fsp3) is 0.111. The van der Waals surface area contributed by atoms with Crippen LogP contribution in [0.3, 0.4) is 0 Å². The van der Waals surface area contributed by atoms with Crippen LogP contribution in [0.2, 0.25) is 0 Å². The number of furan rings is 1. The van der Waals surface area contributed by atoms with Gasteiger partial charge in [0, 0.05) is 12.3 Å². The second-order valence-corrected chi connectivity index (χ2v) is 3.04. The molecule has 0 fully saturated rings. The Morgan fingerprint density at radius 2 is 2.25 bits per heavy atom. The largest absolute Gasteiger partial charge is 0.433 e. The minimum absolute atomic E-state index is 0.126. The topological polar surface area (TPSA) is 91.2 Å². The summed E-state index contributed by atoms with van der Waals surface area (Å²) < 4.78 is 6.21. The average molecular weight is 221 g/mol. The van der Waals surface area contributed by atoms with E-state index in [4.69, 9.17) is 4.42 Å². The summed E-state index contributed by atoms with van der Waals surface area (Å²) in [6.45, 7) is 0.126. The summed E-state index contributed by atoms with van der Waals surface area (Å²) in [4.78, 5) is 24.8. The second-order valence-electron chi connectivity index (χ2n) is 3.04. The van der Waals surface area contributed by atoms with E-state index in [0.29, 0.717) is 5.76 Å². The maximum Gasteiger partial charge on any atom is 0.433 e. The van der Waals surface area contributed by atoms with Gasteiger partial charge in [0.05, 0.1) is 18.9 Å². The quantitative estimate of drug-likeness (QED) is 0.564. The molecule has 0 N–H and O–H groups in total. The molecule has 7 nitrogen and oxygen atoms in total. The fourth-order valence-electron chi connectivity index (χ4n) is 1.21. The van der Waals surface area contributed by atoms with E-state index in [0.717, 1.165) is 0 Å². The molecule has 2 rings (SSSR count). The number of nitrogens with zero attached hydrogens (tertiary/aromatic N) is 3. The second kappa shape index (κ2) is 3.97. The maximum absolute atomic E-state index is 11.3. The third-order valence-electron chi connectivity index (χ3n) is 1.95. The van der Waals surface area contributed by atoms with Crippen LogP contribution in [0, 0.1) is 10.1 Å². The first kappa shape index (κ1) is 10.1. The lowest BCUT2D eigenvalue weighted by Crippen LogP contribution is -2.18. The molecule has 7 heteroatoms. The minimum Gasteiger partial charge on any atom is -0.404 e. The van der Waals surface area contributed by atoms with Crippen molar-refractivity contribution in [2.75, 3.05) is 0 Å². The molecule has 0 radical (unpaired) electrons. The van der Waals surface area contributed by atoms with E-state index in [2.05, 4.69) is 4.98 Å². The van der Waals surface area contributed by atoms with E-state index >= 15 is 0 Å². The molecule has 0 aliphatic carbocycles. The Labute approximate surface area is 89.1 Å². The zero-order chi connectivity index (χ0) is 11.5. The van der Waals surface area contributed by atoms with Crippen molar-refractivity contribution in [1.82, 2.24) is 9.55 Å². The molecule has 0 unspecified atom stereocenters. The van der Waals surface area contributed by atoms with Gasteiger partial charge in [0.1, 0.15) is 10.7 Å². The Hall–Kier alpha value is -2.44. The highest BCUT2D eigenvalue weighted by Crippen LogP contribution is 2.15. The minimum atomic E-state index is -0.629. The first-order valence-electron chi connectivity index (χ1n) is 4.40. The zero-order valence-electron chi connectivity index (χ0n) is 8.07. The number of nitro groups is 1. The molecule has 0 atom stereocenters. The van der Waals surface area contributed by atoms with Crippen LogP contribution in [0.1, 0.15) is 5.76 Å². The SMILES string of the molecule is O=c1ccncn1Cc1ccc([N+](=O)[O-])o1. The lowest BCUT2D eigenvalue weighted by atomic mass is 10.4. The van der Waals surface area contributed by atoms with Gasteiger partial charge in [-0.25, -0.2) is 4.98 Å². The Balaban J connectivity index is 2.24. The first-order chi connectivity index (χ1) is 7.66. The van der Waals surface area contributed by atoms with E-state index in [1.165, 1.54) is 35.3 Å². The summed E-state index contributed by atoms with van der Waals surface area (Å²) in [5, 5.41) is 10.4. The molecule has 2 heterocycles. The molecule has 0 amide bonds. The molecule has 0 spiro atoms. The zero-order valence-corrected chi connectivity index (χ0v) is 8.07. The van der Waals surface area contributed by atoms with Gasteiger partial charge >= 0.3 is 5.88 Å². The summed E-state index contributed by atoms with van der Waals surface area (Å²) in [5.41, 5.74) is -0.242. The van der Waals surface area contributed by atoms with E-state index < -0.39 is 4.92 Å². The average Bonchev–Trinajstić information content (AvgIpc) is 2.70. The third-order valence-corrected chi connectivity index (χ3v) is 1.95. The van der Waals surface area contributed by atoms with Crippen LogP contribution in [0.25, 0.3) is 0 Å². The number of rotatable bonds is 3. The molecule has 82 valence electrons. The number of hydrogen-bond acceptors (Lipinski definition) is 5. The van der Waals surface area contributed by atoms with Crippen LogP contribution in [-0.4, -0.2) is 14.5 Å². The monoisotopic (exact) mass is 221 g/mol. The normalized spacial score (nSPS) is 10.2. The summed E-state index contributed by atoms with van der Waals surface area (Å²) in [6, 6.07) is 4.01. The van der Waals surface area contributed by atoms with Crippen LogP contribution >= 0.6 is 0 Å². The lowest BCUT2D eigenvalue weighted by Gasteiger charge is -1.99. The molecule has 0 saturated heterocycles. The van der Waals surface area contributed by atoms with E-state index in [-0.39, 0.29) is 18.0 Å². The van der Waals surface area contributed by atoms with E-state index in [1.807, 2.05) is 0 Å². The lowest BCUT2D eigenvalue weighted by molar-refractivity contribution is -0.402. The predicted octanol–water partition coefficient (Wildman–Crippen LogP) is 0.793. The smallest absolute Gasteiger partial charge is 0.404 e. The van der Waals surface area contributed by atoms with Crippen LogP contribution in [0.4, 0.5) is 5.88 Å². The van der Waals surface area contributed by atoms with Crippen LogP contribution in [0.15, 0.2) is 39.9 Å². The molecular weight excluding hydrogens is 214 g/mol. The standard InChI is InChI=1S/C9H7N3O4/c13-8-3-4-10-6-11(8)5-7-1-2-9(16-7)12(14)15/h1-4,6H,5H2. The van der Waals surface area contributed by atoms with Gasteiger partial charge in [-0.2, -0.15) is 0 Å². The van der Waals surface area contributed by atoms with Crippen molar-refractivity contribution < 1.29 is 9.34 Å². The van der Waals surface area contributed by atoms with E-state index in [9.17, 15) is 14.9 Å². The van der Waals surface area contributed by atoms with Gasteiger partial charge in [-0.3, -0.25) is 19.5 Å². The van der Waals surface area contributed by atoms with Crippen molar-refractivity contribution >= 4 is 5.88 Å².